The molecule has 2 heterocycles. The van der Waals surface area contributed by atoms with E-state index in [0.717, 1.165) is 13.0 Å². The van der Waals surface area contributed by atoms with E-state index in [1.165, 1.54) is 11.3 Å². The fourth-order valence-electron chi connectivity index (χ4n) is 2.57. The third-order valence-corrected chi connectivity index (χ3v) is 3.64. The predicted molar refractivity (Wildman–Crippen MR) is 81.5 cm³/mol. The summed E-state index contributed by atoms with van der Waals surface area (Å²) >= 11 is 0. The molecule has 0 saturated heterocycles. The van der Waals surface area contributed by atoms with Gasteiger partial charge in [0.25, 0.3) is 0 Å². The number of hydrogen-bond acceptors (Lipinski definition) is 2. The minimum absolute atomic E-state index is 0.0889. The largest absolute Gasteiger partial charge is 0.492 e. The summed E-state index contributed by atoms with van der Waals surface area (Å²) in [5.41, 5.74) is 3.13. The number of anilines is 1. The maximum absolute atomic E-state index is 12.4. The number of urea groups is 1. The number of aromatic nitrogens is 1. The van der Waals surface area contributed by atoms with E-state index in [-0.39, 0.29) is 6.03 Å². The van der Waals surface area contributed by atoms with E-state index in [1.807, 2.05) is 48.4 Å². The molecule has 1 aliphatic heterocycles. The van der Waals surface area contributed by atoms with Gasteiger partial charge in [-0.1, -0.05) is 12.1 Å². The van der Waals surface area contributed by atoms with Crippen molar-refractivity contribution in [1.29, 1.82) is 0 Å². The number of para-hydroxylation sites is 2. The summed E-state index contributed by atoms with van der Waals surface area (Å²) in [5, 5.41) is 2.94. The van der Waals surface area contributed by atoms with Crippen LogP contribution in [0, 0.1) is 0 Å². The first-order chi connectivity index (χ1) is 10.3. The number of aromatic amines is 1. The zero-order valence-corrected chi connectivity index (χ0v) is 12.1. The Morgan fingerprint density at radius 2 is 2.24 bits per heavy atom. The Morgan fingerprint density at radius 3 is 3.10 bits per heavy atom. The minimum atomic E-state index is -0.0889. The van der Waals surface area contributed by atoms with E-state index in [4.69, 9.17) is 4.74 Å². The average Bonchev–Trinajstić information content (AvgIpc) is 2.97. The maximum atomic E-state index is 12.4. The lowest BCUT2D eigenvalue weighted by Crippen LogP contribution is -2.38. The number of benzene rings is 1. The van der Waals surface area contributed by atoms with E-state index in [9.17, 15) is 4.79 Å². The number of H-pyrrole nitrogens is 1. The van der Waals surface area contributed by atoms with Crippen molar-refractivity contribution in [1.82, 2.24) is 9.88 Å². The van der Waals surface area contributed by atoms with Crippen LogP contribution in [0.15, 0.2) is 36.5 Å². The zero-order valence-electron chi connectivity index (χ0n) is 12.1. The van der Waals surface area contributed by atoms with Gasteiger partial charge in [0.15, 0.2) is 0 Å². The van der Waals surface area contributed by atoms with Crippen LogP contribution in [0.1, 0.15) is 18.2 Å². The first kappa shape index (κ1) is 13.5. The maximum Gasteiger partial charge on any atom is 0.322 e. The molecule has 110 valence electrons. The molecular formula is C16H19N3O2. The summed E-state index contributed by atoms with van der Waals surface area (Å²) in [6.45, 7) is 3.86. The van der Waals surface area contributed by atoms with E-state index >= 15 is 0 Å². The second kappa shape index (κ2) is 5.91. The van der Waals surface area contributed by atoms with Crippen molar-refractivity contribution in [3.8, 4) is 5.75 Å². The molecule has 0 atom stereocenters. The third kappa shape index (κ3) is 2.86. The summed E-state index contributed by atoms with van der Waals surface area (Å²) in [6, 6.07) is 9.44. The second-order valence-corrected chi connectivity index (χ2v) is 5.01. The van der Waals surface area contributed by atoms with E-state index in [1.54, 1.807) is 0 Å². The highest BCUT2D eigenvalue weighted by molar-refractivity contribution is 5.91. The van der Waals surface area contributed by atoms with E-state index < -0.39 is 0 Å². The topological polar surface area (TPSA) is 57.4 Å². The summed E-state index contributed by atoms with van der Waals surface area (Å²) in [5.74, 6) is 0.702. The first-order valence-corrected chi connectivity index (χ1v) is 7.21. The molecule has 5 nitrogen and oxygen atoms in total. The standard InChI is InChI=1S/C16H19N3O2/c1-2-21-15-6-4-3-5-14(15)18-16(20)19-10-8-13-12(11-19)7-9-17-13/h3-7,9,17H,2,8,10-11H2,1H3,(H,18,20). The number of ether oxygens (including phenoxy) is 1. The third-order valence-electron chi connectivity index (χ3n) is 3.64. The normalized spacial score (nSPS) is 13.7. The van der Waals surface area contributed by atoms with Crippen molar-refractivity contribution in [3.63, 3.8) is 0 Å². The number of amides is 2. The van der Waals surface area contributed by atoms with E-state index in [0.29, 0.717) is 24.6 Å². The Morgan fingerprint density at radius 1 is 1.38 bits per heavy atom. The Kier molecular flexibility index (Phi) is 3.81. The molecule has 0 unspecified atom stereocenters. The highest BCUT2D eigenvalue weighted by Gasteiger charge is 2.21. The first-order valence-electron chi connectivity index (χ1n) is 7.21. The van der Waals surface area contributed by atoms with Crippen LogP contribution in [0.5, 0.6) is 5.75 Å². The lowest BCUT2D eigenvalue weighted by atomic mass is 10.1. The molecule has 0 fully saturated rings. The Bertz CT molecular complexity index is 636. The molecule has 1 aromatic heterocycles. The molecule has 3 rings (SSSR count). The Hall–Kier alpha value is -2.43. The van der Waals surface area contributed by atoms with Gasteiger partial charge in [-0.2, -0.15) is 0 Å². The average molecular weight is 285 g/mol. The number of rotatable bonds is 3. The number of carbonyl (C=O) groups is 1. The van der Waals surface area contributed by atoms with E-state index in [2.05, 4.69) is 10.3 Å². The van der Waals surface area contributed by atoms with Crippen LogP contribution in [0.3, 0.4) is 0 Å². The lowest BCUT2D eigenvalue weighted by Gasteiger charge is -2.27. The molecule has 5 heteroatoms. The van der Waals surface area contributed by atoms with Crippen molar-refractivity contribution >= 4 is 11.7 Å². The van der Waals surface area contributed by atoms with Gasteiger partial charge in [-0.3, -0.25) is 0 Å². The molecule has 1 aromatic carbocycles. The molecule has 0 radical (unpaired) electrons. The summed E-state index contributed by atoms with van der Waals surface area (Å²) in [4.78, 5) is 17.4. The van der Waals surface area contributed by atoms with Crippen LogP contribution in [0.4, 0.5) is 10.5 Å². The molecule has 1 aliphatic rings. The number of carbonyl (C=O) groups excluding carboxylic acids is 1. The fraction of sp³-hybridized carbons (Fsp3) is 0.312. The van der Waals surface area contributed by atoms with Crippen molar-refractivity contribution in [2.75, 3.05) is 18.5 Å². The highest BCUT2D eigenvalue weighted by Crippen LogP contribution is 2.25. The van der Waals surface area contributed by atoms with Crippen LogP contribution in [0.2, 0.25) is 0 Å². The quantitative estimate of drug-likeness (QED) is 0.910. The van der Waals surface area contributed by atoms with Gasteiger partial charge >= 0.3 is 6.03 Å². The van der Waals surface area contributed by atoms with Crippen molar-refractivity contribution in [3.05, 3.63) is 47.8 Å². The highest BCUT2D eigenvalue weighted by atomic mass is 16.5. The molecule has 2 aromatic rings. The fourth-order valence-corrected chi connectivity index (χ4v) is 2.57. The second-order valence-electron chi connectivity index (χ2n) is 5.01. The number of nitrogens with zero attached hydrogens (tertiary/aromatic N) is 1. The van der Waals surface area contributed by atoms with Crippen LogP contribution in [-0.4, -0.2) is 29.1 Å². The van der Waals surface area contributed by atoms with Gasteiger partial charge in [-0.25, -0.2) is 4.79 Å². The van der Waals surface area contributed by atoms with Gasteiger partial charge in [0.2, 0.25) is 0 Å². The van der Waals surface area contributed by atoms with Gasteiger partial charge in [0, 0.05) is 31.4 Å². The Labute approximate surface area is 123 Å². The van der Waals surface area contributed by atoms with Gasteiger partial charge in [-0.15, -0.1) is 0 Å². The molecule has 0 saturated carbocycles. The van der Waals surface area contributed by atoms with Crippen molar-refractivity contribution in [2.24, 2.45) is 0 Å². The Balaban J connectivity index is 1.70. The summed E-state index contributed by atoms with van der Waals surface area (Å²) in [6.07, 6.45) is 2.79. The molecule has 21 heavy (non-hydrogen) atoms. The monoisotopic (exact) mass is 285 g/mol. The van der Waals surface area contributed by atoms with Gasteiger partial charge < -0.3 is 19.9 Å². The zero-order chi connectivity index (χ0) is 14.7. The van der Waals surface area contributed by atoms with Crippen LogP contribution >= 0.6 is 0 Å². The smallest absolute Gasteiger partial charge is 0.322 e. The molecule has 0 aliphatic carbocycles. The summed E-state index contributed by atoms with van der Waals surface area (Å²) in [7, 11) is 0. The van der Waals surface area contributed by atoms with Crippen LogP contribution in [-0.2, 0) is 13.0 Å². The van der Waals surface area contributed by atoms with Gasteiger partial charge in [0.1, 0.15) is 5.75 Å². The molecule has 0 spiro atoms. The van der Waals surface area contributed by atoms with Gasteiger partial charge in [0.05, 0.1) is 12.3 Å². The molecule has 2 amide bonds. The minimum Gasteiger partial charge on any atom is -0.492 e. The predicted octanol–water partition coefficient (Wildman–Crippen LogP) is 3.00. The van der Waals surface area contributed by atoms with Crippen molar-refractivity contribution in [2.45, 2.75) is 19.9 Å². The summed E-state index contributed by atoms with van der Waals surface area (Å²) < 4.78 is 5.53. The molecular weight excluding hydrogens is 266 g/mol. The van der Waals surface area contributed by atoms with Crippen molar-refractivity contribution < 1.29 is 9.53 Å². The number of hydrogen-bond donors (Lipinski definition) is 2. The lowest BCUT2D eigenvalue weighted by molar-refractivity contribution is 0.206. The number of fused-ring (bicyclic) bond motifs is 1. The number of nitrogens with one attached hydrogen (secondary N) is 2. The SMILES string of the molecule is CCOc1ccccc1NC(=O)N1CCc2[nH]ccc2C1. The molecule has 0 bridgehead atoms. The van der Waals surface area contributed by atoms with Crippen LogP contribution < -0.4 is 10.1 Å². The van der Waals surface area contributed by atoms with Gasteiger partial charge in [-0.05, 0) is 30.7 Å². The molecule has 2 N–H and O–H groups in total. The van der Waals surface area contributed by atoms with Crippen LogP contribution in [0.25, 0.3) is 0 Å².